The van der Waals surface area contributed by atoms with Crippen molar-refractivity contribution in [3.8, 4) is 0 Å². The molecule has 1 aromatic carbocycles. The number of aliphatic carboxylic acids is 1. The fourth-order valence-electron chi connectivity index (χ4n) is 1.91. The predicted molar refractivity (Wildman–Crippen MR) is 78.6 cm³/mol. The molecule has 1 rings (SSSR count). The molecule has 1 aromatic rings. The van der Waals surface area contributed by atoms with Crippen molar-refractivity contribution in [2.75, 3.05) is 25.0 Å². The van der Waals surface area contributed by atoms with Gasteiger partial charge < -0.3 is 15.3 Å². The normalized spacial score (nSPS) is 13.8. The van der Waals surface area contributed by atoms with Crippen molar-refractivity contribution in [1.29, 1.82) is 0 Å². The maximum Gasteiger partial charge on any atom is 0.323 e. The number of carboxylic acid groups (broad SMARTS) is 1. The maximum absolute atomic E-state index is 13.2. The van der Waals surface area contributed by atoms with Gasteiger partial charge in [-0.2, -0.15) is 0 Å². The Hall–Kier alpha value is -1.62. The molecular formula is C15H23FN2O2. The lowest BCUT2D eigenvalue weighted by Crippen LogP contribution is -2.51. The molecule has 5 heteroatoms. The lowest BCUT2D eigenvalue weighted by atomic mass is 9.97. The molecule has 0 saturated heterocycles. The van der Waals surface area contributed by atoms with Crippen molar-refractivity contribution in [3.63, 3.8) is 0 Å². The molecule has 0 aliphatic carbocycles. The van der Waals surface area contributed by atoms with Gasteiger partial charge >= 0.3 is 5.97 Å². The van der Waals surface area contributed by atoms with Gasteiger partial charge in [-0.15, -0.1) is 0 Å². The Morgan fingerprint density at radius 1 is 1.50 bits per heavy atom. The summed E-state index contributed by atoms with van der Waals surface area (Å²) in [7, 11) is 1.83. The second-order valence-electron chi connectivity index (χ2n) is 5.22. The van der Waals surface area contributed by atoms with Crippen LogP contribution in [0.4, 0.5) is 10.1 Å². The molecule has 112 valence electrons. The summed E-state index contributed by atoms with van der Waals surface area (Å²) < 4.78 is 13.2. The van der Waals surface area contributed by atoms with E-state index < -0.39 is 11.5 Å². The van der Waals surface area contributed by atoms with Gasteiger partial charge in [0.1, 0.15) is 11.4 Å². The number of benzene rings is 1. The fraction of sp³-hybridized carbons (Fsp3) is 0.533. The number of rotatable bonds is 8. The Labute approximate surface area is 119 Å². The van der Waals surface area contributed by atoms with Crippen LogP contribution in [-0.4, -0.2) is 36.8 Å². The molecule has 4 nitrogen and oxygen atoms in total. The summed E-state index contributed by atoms with van der Waals surface area (Å²) in [6.07, 6.45) is 1.32. The minimum Gasteiger partial charge on any atom is -0.480 e. The fourth-order valence-corrected chi connectivity index (χ4v) is 1.91. The summed E-state index contributed by atoms with van der Waals surface area (Å²) in [5.41, 5.74) is -0.217. The number of nitrogens with one attached hydrogen (secondary N) is 1. The van der Waals surface area contributed by atoms with Crippen molar-refractivity contribution in [2.45, 2.75) is 32.2 Å². The Kier molecular flexibility index (Phi) is 5.95. The predicted octanol–water partition coefficient (Wildman–Crippen LogP) is 2.49. The van der Waals surface area contributed by atoms with E-state index in [9.17, 15) is 14.3 Å². The van der Waals surface area contributed by atoms with Crippen LogP contribution in [-0.2, 0) is 4.79 Å². The molecule has 0 amide bonds. The lowest BCUT2D eigenvalue weighted by molar-refractivity contribution is -0.144. The highest BCUT2D eigenvalue weighted by molar-refractivity contribution is 5.78. The van der Waals surface area contributed by atoms with Crippen LogP contribution in [0.3, 0.4) is 0 Å². The first-order valence-corrected chi connectivity index (χ1v) is 6.84. The van der Waals surface area contributed by atoms with E-state index in [1.54, 1.807) is 19.1 Å². The molecule has 0 aromatic heterocycles. The van der Waals surface area contributed by atoms with Gasteiger partial charge in [0, 0.05) is 19.3 Å². The van der Waals surface area contributed by atoms with E-state index >= 15 is 0 Å². The number of hydrogen-bond acceptors (Lipinski definition) is 3. The summed E-state index contributed by atoms with van der Waals surface area (Å²) in [5.74, 6) is -1.15. The minimum absolute atomic E-state index is 0.292. The van der Waals surface area contributed by atoms with E-state index in [2.05, 4.69) is 5.32 Å². The van der Waals surface area contributed by atoms with Crippen LogP contribution in [0.2, 0.25) is 0 Å². The molecular weight excluding hydrogens is 259 g/mol. The van der Waals surface area contributed by atoms with Crippen LogP contribution >= 0.6 is 0 Å². The zero-order valence-corrected chi connectivity index (χ0v) is 12.3. The monoisotopic (exact) mass is 282 g/mol. The quantitative estimate of drug-likeness (QED) is 0.769. The number of anilines is 1. The van der Waals surface area contributed by atoms with E-state index in [1.165, 1.54) is 12.1 Å². The Morgan fingerprint density at radius 2 is 2.20 bits per heavy atom. The van der Waals surface area contributed by atoms with E-state index in [0.717, 1.165) is 12.1 Å². The number of carbonyl (C=O) groups is 1. The lowest BCUT2D eigenvalue weighted by Gasteiger charge is -2.29. The zero-order valence-electron chi connectivity index (χ0n) is 12.3. The second-order valence-corrected chi connectivity index (χ2v) is 5.22. The van der Waals surface area contributed by atoms with E-state index in [0.29, 0.717) is 19.5 Å². The molecule has 1 unspecified atom stereocenters. The Bertz CT molecular complexity index is 453. The van der Waals surface area contributed by atoms with Gasteiger partial charge in [-0.25, -0.2) is 4.39 Å². The van der Waals surface area contributed by atoms with Crippen molar-refractivity contribution in [3.05, 3.63) is 30.1 Å². The van der Waals surface area contributed by atoms with Crippen molar-refractivity contribution in [1.82, 2.24) is 5.32 Å². The largest absolute Gasteiger partial charge is 0.480 e. The number of halogens is 1. The molecule has 1 atom stereocenters. The van der Waals surface area contributed by atoms with Gasteiger partial charge in [-0.1, -0.05) is 13.0 Å². The van der Waals surface area contributed by atoms with Crippen molar-refractivity contribution < 1.29 is 14.3 Å². The molecule has 0 heterocycles. The van der Waals surface area contributed by atoms with Crippen LogP contribution in [0, 0.1) is 5.82 Å². The molecule has 0 bridgehead atoms. The number of carboxylic acids is 1. The highest BCUT2D eigenvalue weighted by Crippen LogP contribution is 2.17. The topological polar surface area (TPSA) is 52.6 Å². The molecule has 0 aliphatic heterocycles. The van der Waals surface area contributed by atoms with E-state index in [4.69, 9.17) is 0 Å². The molecule has 0 radical (unpaired) electrons. The van der Waals surface area contributed by atoms with E-state index in [-0.39, 0.29) is 5.82 Å². The van der Waals surface area contributed by atoms with Gasteiger partial charge in [0.15, 0.2) is 0 Å². The summed E-state index contributed by atoms with van der Waals surface area (Å²) >= 11 is 0. The number of hydrogen-bond donors (Lipinski definition) is 2. The van der Waals surface area contributed by atoms with Crippen molar-refractivity contribution in [2.24, 2.45) is 0 Å². The summed E-state index contributed by atoms with van der Waals surface area (Å²) in [4.78, 5) is 13.2. The first-order valence-electron chi connectivity index (χ1n) is 6.84. The van der Waals surface area contributed by atoms with Gasteiger partial charge in [0.05, 0.1) is 0 Å². The van der Waals surface area contributed by atoms with E-state index in [1.807, 2.05) is 18.9 Å². The first-order chi connectivity index (χ1) is 9.39. The third kappa shape index (κ3) is 4.49. The molecule has 20 heavy (non-hydrogen) atoms. The molecule has 2 N–H and O–H groups in total. The maximum atomic E-state index is 13.2. The van der Waals surface area contributed by atoms with Crippen LogP contribution in [0.25, 0.3) is 0 Å². The summed E-state index contributed by atoms with van der Waals surface area (Å²) in [5, 5.41) is 12.4. The highest BCUT2D eigenvalue weighted by Gasteiger charge is 2.32. The minimum atomic E-state index is -0.961. The second kappa shape index (κ2) is 7.24. The summed E-state index contributed by atoms with van der Waals surface area (Å²) in [6.45, 7) is 4.87. The average Bonchev–Trinajstić information content (AvgIpc) is 2.42. The third-order valence-electron chi connectivity index (χ3n) is 3.43. The van der Waals surface area contributed by atoms with Crippen LogP contribution < -0.4 is 10.2 Å². The van der Waals surface area contributed by atoms with Gasteiger partial charge in [-0.05, 0) is 44.5 Å². The Balaban J connectivity index is 2.65. The molecule has 0 spiro atoms. The average molecular weight is 282 g/mol. The first kappa shape index (κ1) is 16.4. The molecule has 0 aliphatic rings. The molecule has 0 saturated carbocycles. The van der Waals surface area contributed by atoms with Crippen LogP contribution in [0.5, 0.6) is 0 Å². The Morgan fingerprint density at radius 3 is 2.75 bits per heavy atom. The zero-order chi connectivity index (χ0) is 15.2. The van der Waals surface area contributed by atoms with Gasteiger partial charge in [-0.3, -0.25) is 4.79 Å². The summed E-state index contributed by atoms with van der Waals surface area (Å²) in [6, 6.07) is 6.28. The van der Waals surface area contributed by atoms with Crippen LogP contribution in [0.15, 0.2) is 24.3 Å². The number of nitrogens with zero attached hydrogens (tertiary/aromatic N) is 1. The third-order valence-corrected chi connectivity index (χ3v) is 3.43. The van der Waals surface area contributed by atoms with Gasteiger partial charge in [0.25, 0.3) is 0 Å². The smallest absolute Gasteiger partial charge is 0.323 e. The van der Waals surface area contributed by atoms with Crippen LogP contribution in [0.1, 0.15) is 26.7 Å². The molecule has 0 fully saturated rings. The van der Waals surface area contributed by atoms with Crippen molar-refractivity contribution >= 4 is 11.7 Å². The highest BCUT2D eigenvalue weighted by atomic mass is 19.1. The van der Waals surface area contributed by atoms with Gasteiger partial charge in [0.2, 0.25) is 0 Å². The standard InChI is InChI=1S/C15H23FN2O2/c1-4-9-17-15(2,14(19)20)8-10-18(3)13-7-5-6-12(16)11-13/h5-7,11,17H,4,8-10H2,1-3H3,(H,19,20). The SMILES string of the molecule is CCCNC(C)(CCN(C)c1cccc(F)c1)C(=O)O.